The van der Waals surface area contributed by atoms with Crippen LogP contribution in [0.25, 0.3) is 0 Å². The highest BCUT2D eigenvalue weighted by Crippen LogP contribution is 2.29. The summed E-state index contributed by atoms with van der Waals surface area (Å²) in [5, 5.41) is 8.86. The summed E-state index contributed by atoms with van der Waals surface area (Å²) in [4.78, 5) is 0. The van der Waals surface area contributed by atoms with Crippen molar-refractivity contribution in [2.45, 2.75) is 19.4 Å². The SMILES string of the molecule is Cc1ccc2c(c1)CC(COc1cccc(C#N)c1)O2. The summed E-state index contributed by atoms with van der Waals surface area (Å²) in [7, 11) is 0. The van der Waals surface area contributed by atoms with Crippen molar-refractivity contribution in [2.24, 2.45) is 0 Å². The molecule has 3 heteroatoms. The second-order valence-electron chi connectivity index (χ2n) is 5.01. The molecule has 3 rings (SSSR count). The molecule has 1 unspecified atom stereocenters. The summed E-state index contributed by atoms with van der Waals surface area (Å²) in [5.74, 6) is 1.66. The number of fused-ring (bicyclic) bond motifs is 1. The maximum Gasteiger partial charge on any atom is 0.137 e. The van der Waals surface area contributed by atoms with Gasteiger partial charge in [0.2, 0.25) is 0 Å². The molecule has 0 aromatic heterocycles. The summed E-state index contributed by atoms with van der Waals surface area (Å²) in [6.45, 7) is 2.57. The molecule has 3 nitrogen and oxygen atoms in total. The molecule has 0 bridgehead atoms. The van der Waals surface area contributed by atoms with Gasteiger partial charge in [0, 0.05) is 6.42 Å². The number of rotatable bonds is 3. The van der Waals surface area contributed by atoms with E-state index in [2.05, 4.69) is 25.1 Å². The first-order valence-corrected chi connectivity index (χ1v) is 6.64. The van der Waals surface area contributed by atoms with Crippen LogP contribution in [0.2, 0.25) is 0 Å². The van der Waals surface area contributed by atoms with Crippen LogP contribution in [0.4, 0.5) is 0 Å². The lowest BCUT2D eigenvalue weighted by atomic mass is 10.1. The van der Waals surface area contributed by atoms with Gasteiger partial charge in [-0.25, -0.2) is 0 Å². The largest absolute Gasteiger partial charge is 0.490 e. The van der Waals surface area contributed by atoms with Gasteiger partial charge in [0.05, 0.1) is 11.6 Å². The van der Waals surface area contributed by atoms with Gasteiger partial charge in [0.1, 0.15) is 24.2 Å². The zero-order valence-electron chi connectivity index (χ0n) is 11.3. The molecule has 2 aromatic carbocycles. The lowest BCUT2D eigenvalue weighted by molar-refractivity contribution is 0.148. The molecule has 0 radical (unpaired) electrons. The minimum Gasteiger partial charge on any atom is -0.490 e. The molecule has 1 atom stereocenters. The first kappa shape index (κ1) is 12.6. The maximum atomic E-state index is 8.86. The van der Waals surface area contributed by atoms with Crippen molar-refractivity contribution in [2.75, 3.05) is 6.61 Å². The zero-order chi connectivity index (χ0) is 13.9. The standard InChI is InChI=1S/C17H15NO2/c1-12-5-6-17-14(7-12)9-16(20-17)11-19-15-4-2-3-13(8-15)10-18/h2-8,16H,9,11H2,1H3. The molecule has 0 aliphatic carbocycles. The van der Waals surface area contributed by atoms with Gasteiger partial charge in [-0.15, -0.1) is 0 Å². The van der Waals surface area contributed by atoms with Crippen LogP contribution in [-0.4, -0.2) is 12.7 Å². The van der Waals surface area contributed by atoms with Crippen LogP contribution in [-0.2, 0) is 6.42 Å². The van der Waals surface area contributed by atoms with Crippen molar-refractivity contribution in [3.63, 3.8) is 0 Å². The van der Waals surface area contributed by atoms with Gasteiger partial charge in [0.15, 0.2) is 0 Å². The Morgan fingerprint density at radius 1 is 1.30 bits per heavy atom. The fraction of sp³-hybridized carbons (Fsp3) is 0.235. The highest BCUT2D eigenvalue weighted by molar-refractivity contribution is 5.40. The molecule has 100 valence electrons. The van der Waals surface area contributed by atoms with Crippen LogP contribution >= 0.6 is 0 Å². The normalized spacial score (nSPS) is 16.1. The highest BCUT2D eigenvalue weighted by atomic mass is 16.5. The molecule has 0 N–H and O–H groups in total. The Hall–Kier alpha value is -2.47. The molecule has 0 amide bonds. The molecular weight excluding hydrogens is 250 g/mol. The van der Waals surface area contributed by atoms with Gasteiger partial charge in [-0.3, -0.25) is 0 Å². The van der Waals surface area contributed by atoms with E-state index in [-0.39, 0.29) is 6.10 Å². The molecule has 1 aliphatic heterocycles. The fourth-order valence-corrected chi connectivity index (χ4v) is 2.39. The van der Waals surface area contributed by atoms with Crippen LogP contribution in [0, 0.1) is 18.3 Å². The number of aryl methyl sites for hydroxylation is 1. The van der Waals surface area contributed by atoms with Gasteiger partial charge in [-0.2, -0.15) is 5.26 Å². The van der Waals surface area contributed by atoms with Gasteiger partial charge in [-0.1, -0.05) is 23.8 Å². The molecule has 1 aliphatic rings. The minimum absolute atomic E-state index is 0.0394. The van der Waals surface area contributed by atoms with Crippen LogP contribution in [0.5, 0.6) is 11.5 Å². The van der Waals surface area contributed by atoms with Gasteiger partial charge < -0.3 is 9.47 Å². The molecule has 0 saturated carbocycles. The van der Waals surface area contributed by atoms with Crippen LogP contribution in [0.1, 0.15) is 16.7 Å². The molecule has 0 saturated heterocycles. The monoisotopic (exact) mass is 265 g/mol. The number of hydrogen-bond acceptors (Lipinski definition) is 3. The Morgan fingerprint density at radius 3 is 3.05 bits per heavy atom. The third kappa shape index (κ3) is 2.60. The van der Waals surface area contributed by atoms with Crippen LogP contribution in [0.3, 0.4) is 0 Å². The van der Waals surface area contributed by atoms with E-state index in [0.717, 1.165) is 12.2 Å². The topological polar surface area (TPSA) is 42.2 Å². The molecule has 0 spiro atoms. The molecule has 2 aromatic rings. The minimum atomic E-state index is 0.0394. The van der Waals surface area contributed by atoms with Gasteiger partial charge in [0.25, 0.3) is 0 Å². The lowest BCUT2D eigenvalue weighted by Crippen LogP contribution is -2.22. The lowest BCUT2D eigenvalue weighted by Gasteiger charge is -2.12. The van der Waals surface area contributed by atoms with Crippen molar-refractivity contribution in [3.05, 3.63) is 59.2 Å². The highest BCUT2D eigenvalue weighted by Gasteiger charge is 2.23. The van der Waals surface area contributed by atoms with E-state index in [0.29, 0.717) is 17.9 Å². The average molecular weight is 265 g/mol. The third-order valence-electron chi connectivity index (χ3n) is 3.36. The van der Waals surface area contributed by atoms with Crippen molar-refractivity contribution in [1.82, 2.24) is 0 Å². The van der Waals surface area contributed by atoms with Crippen LogP contribution < -0.4 is 9.47 Å². The molecular formula is C17H15NO2. The van der Waals surface area contributed by atoms with Crippen LogP contribution in [0.15, 0.2) is 42.5 Å². The molecule has 20 heavy (non-hydrogen) atoms. The van der Waals surface area contributed by atoms with Crippen molar-refractivity contribution in [1.29, 1.82) is 5.26 Å². The summed E-state index contributed by atoms with van der Waals surface area (Å²) in [5.41, 5.74) is 3.09. The maximum absolute atomic E-state index is 8.86. The van der Waals surface area contributed by atoms with E-state index < -0.39 is 0 Å². The Bertz CT molecular complexity index is 673. The Balaban J connectivity index is 1.62. The summed E-state index contributed by atoms with van der Waals surface area (Å²) in [6, 6.07) is 15.5. The van der Waals surface area contributed by atoms with Crippen molar-refractivity contribution >= 4 is 0 Å². The smallest absolute Gasteiger partial charge is 0.137 e. The average Bonchev–Trinajstić information content (AvgIpc) is 2.87. The Kier molecular flexibility index (Phi) is 3.30. The number of nitrogens with zero attached hydrogens (tertiary/aromatic N) is 1. The Labute approximate surface area is 118 Å². The zero-order valence-corrected chi connectivity index (χ0v) is 11.3. The fourth-order valence-electron chi connectivity index (χ4n) is 2.39. The van der Waals surface area contributed by atoms with E-state index >= 15 is 0 Å². The second-order valence-corrected chi connectivity index (χ2v) is 5.01. The first-order chi connectivity index (χ1) is 9.74. The van der Waals surface area contributed by atoms with E-state index in [1.807, 2.05) is 18.2 Å². The summed E-state index contributed by atoms with van der Waals surface area (Å²) < 4.78 is 11.6. The number of hydrogen-bond donors (Lipinski definition) is 0. The first-order valence-electron chi connectivity index (χ1n) is 6.64. The van der Waals surface area contributed by atoms with E-state index in [4.69, 9.17) is 14.7 Å². The second kappa shape index (κ2) is 5.26. The quantitative estimate of drug-likeness (QED) is 0.855. The number of nitriles is 1. The predicted molar refractivity (Wildman–Crippen MR) is 76.0 cm³/mol. The number of ether oxygens (including phenoxy) is 2. The van der Waals surface area contributed by atoms with E-state index in [1.54, 1.807) is 12.1 Å². The van der Waals surface area contributed by atoms with Crippen molar-refractivity contribution in [3.8, 4) is 17.6 Å². The van der Waals surface area contributed by atoms with Gasteiger partial charge in [-0.05, 0) is 36.8 Å². The number of benzene rings is 2. The van der Waals surface area contributed by atoms with Gasteiger partial charge >= 0.3 is 0 Å². The predicted octanol–water partition coefficient (Wildman–Crippen LogP) is 3.25. The summed E-state index contributed by atoms with van der Waals surface area (Å²) in [6.07, 6.45) is 0.909. The Morgan fingerprint density at radius 2 is 2.20 bits per heavy atom. The van der Waals surface area contributed by atoms with E-state index in [9.17, 15) is 0 Å². The molecule has 0 fully saturated rings. The summed E-state index contributed by atoms with van der Waals surface area (Å²) >= 11 is 0. The van der Waals surface area contributed by atoms with E-state index in [1.165, 1.54) is 11.1 Å². The third-order valence-corrected chi connectivity index (χ3v) is 3.36. The molecule has 1 heterocycles. The van der Waals surface area contributed by atoms with Crippen molar-refractivity contribution < 1.29 is 9.47 Å².